The maximum Gasteiger partial charge on any atom is 0.0726 e. The van der Waals surface area contributed by atoms with Gasteiger partial charge in [-0.3, -0.25) is 0 Å². The van der Waals surface area contributed by atoms with Crippen molar-refractivity contribution in [2.45, 2.75) is 5.41 Å². The van der Waals surface area contributed by atoms with Crippen LogP contribution in [0.5, 0.6) is 0 Å². The summed E-state index contributed by atoms with van der Waals surface area (Å²) >= 11 is 0. The summed E-state index contributed by atoms with van der Waals surface area (Å²) in [5.74, 6) is 0.899. The summed E-state index contributed by atoms with van der Waals surface area (Å²) in [5.41, 5.74) is 21.0. The van der Waals surface area contributed by atoms with Gasteiger partial charge in [-0.25, -0.2) is 0 Å². The Hall–Kier alpha value is -6.76. The Morgan fingerprint density at radius 1 is 0.382 bits per heavy atom. The smallest absolute Gasteiger partial charge is 0.0726 e. The van der Waals surface area contributed by atoms with Gasteiger partial charge in [0.25, 0.3) is 0 Å². The maximum absolute atomic E-state index is 2.57. The maximum atomic E-state index is 2.57. The molecule has 0 amide bonds. The van der Waals surface area contributed by atoms with Crippen LogP contribution in [0, 0.1) is 11.8 Å². The van der Waals surface area contributed by atoms with Crippen molar-refractivity contribution in [1.82, 2.24) is 0 Å². The second kappa shape index (κ2) is 10.7. The first-order valence-electron chi connectivity index (χ1n) is 19.6. The highest BCUT2D eigenvalue weighted by Crippen LogP contribution is 2.66. The van der Waals surface area contributed by atoms with Gasteiger partial charge < -0.3 is 0 Å². The SMILES string of the molecule is C1=CC2C=CC(c3ccc4cc(-c5ccc6c(c5)C5(c7ccccc7-6)c6ccccc6-c6c5cc5c7c(cccc67)-c6ccccc6-5)ccc4c3)=CC2C=C1. The van der Waals surface area contributed by atoms with Gasteiger partial charge >= 0.3 is 0 Å². The number of allylic oxidation sites excluding steroid dienone is 8. The molecule has 3 unspecified atom stereocenters. The molecule has 0 N–H and O–H groups in total. The first-order valence-corrected chi connectivity index (χ1v) is 19.6. The number of hydrogen-bond acceptors (Lipinski definition) is 0. The fraction of sp³-hybridized carbons (Fsp3) is 0.0545. The van der Waals surface area contributed by atoms with Gasteiger partial charge in [0.05, 0.1) is 5.41 Å². The van der Waals surface area contributed by atoms with Gasteiger partial charge in [0.1, 0.15) is 0 Å². The Morgan fingerprint density at radius 3 is 1.84 bits per heavy atom. The second-order valence-corrected chi connectivity index (χ2v) is 15.9. The molecular formula is C55H34. The molecular weight excluding hydrogens is 661 g/mol. The molecule has 0 aromatic heterocycles. The third-order valence-electron chi connectivity index (χ3n) is 13.3. The summed E-state index contributed by atoms with van der Waals surface area (Å²) in [4.78, 5) is 0. The molecule has 0 heteroatoms. The molecule has 0 nitrogen and oxygen atoms in total. The Kier molecular flexibility index (Phi) is 5.76. The van der Waals surface area contributed by atoms with Crippen LogP contribution in [0.1, 0.15) is 27.8 Å². The van der Waals surface area contributed by atoms with Gasteiger partial charge in [-0.05, 0) is 135 Å². The first kappa shape index (κ1) is 29.7. The predicted molar refractivity (Wildman–Crippen MR) is 230 cm³/mol. The number of hydrogen-bond donors (Lipinski definition) is 0. The van der Waals surface area contributed by atoms with Gasteiger partial charge in [-0.15, -0.1) is 0 Å². The molecule has 55 heavy (non-hydrogen) atoms. The lowest BCUT2D eigenvalue weighted by Gasteiger charge is -2.31. The molecule has 0 saturated carbocycles. The Morgan fingerprint density at radius 2 is 1.00 bits per heavy atom. The molecule has 8 aromatic rings. The molecule has 0 bridgehead atoms. The van der Waals surface area contributed by atoms with Crippen LogP contribution in [0.2, 0.25) is 0 Å². The van der Waals surface area contributed by atoms with E-state index in [0.29, 0.717) is 11.8 Å². The zero-order chi connectivity index (χ0) is 35.8. The van der Waals surface area contributed by atoms with Crippen molar-refractivity contribution in [2.24, 2.45) is 11.8 Å². The van der Waals surface area contributed by atoms with E-state index in [1.165, 1.54) is 111 Å². The minimum atomic E-state index is -0.429. The molecule has 0 aliphatic heterocycles. The topological polar surface area (TPSA) is 0 Å². The summed E-state index contributed by atoms with van der Waals surface area (Å²) in [6.07, 6.45) is 16.0. The van der Waals surface area contributed by atoms with Crippen LogP contribution in [0.15, 0.2) is 194 Å². The molecule has 0 fully saturated rings. The van der Waals surface area contributed by atoms with Crippen molar-refractivity contribution in [1.29, 1.82) is 0 Å². The Bertz CT molecular complexity index is 3160. The van der Waals surface area contributed by atoms with Crippen LogP contribution in [0.3, 0.4) is 0 Å². The molecule has 3 atom stereocenters. The van der Waals surface area contributed by atoms with Crippen molar-refractivity contribution >= 4 is 27.1 Å². The highest BCUT2D eigenvalue weighted by atomic mass is 14.5. The molecule has 1 spiro atoms. The van der Waals surface area contributed by atoms with E-state index in [0.717, 1.165) is 0 Å². The summed E-state index contributed by atoms with van der Waals surface area (Å²) in [7, 11) is 0. The van der Waals surface area contributed by atoms with Gasteiger partial charge in [-0.2, -0.15) is 0 Å². The molecule has 254 valence electrons. The largest absolute Gasteiger partial charge is 0.0767 e. The molecule has 0 saturated heterocycles. The van der Waals surface area contributed by atoms with Gasteiger partial charge in [-0.1, -0.05) is 170 Å². The van der Waals surface area contributed by atoms with E-state index >= 15 is 0 Å². The van der Waals surface area contributed by atoms with Gasteiger partial charge in [0.2, 0.25) is 0 Å². The quantitative estimate of drug-likeness (QED) is 0.169. The van der Waals surface area contributed by atoms with Crippen molar-refractivity contribution in [3.8, 4) is 55.6 Å². The Labute approximate surface area is 320 Å². The lowest BCUT2D eigenvalue weighted by Crippen LogP contribution is -2.26. The summed E-state index contributed by atoms with van der Waals surface area (Å²) < 4.78 is 0. The molecule has 8 aromatic carbocycles. The first-order chi connectivity index (χ1) is 27.3. The van der Waals surface area contributed by atoms with Crippen molar-refractivity contribution < 1.29 is 0 Å². The van der Waals surface area contributed by atoms with E-state index in [9.17, 15) is 0 Å². The van der Waals surface area contributed by atoms with E-state index in [1.807, 2.05) is 0 Å². The zero-order valence-electron chi connectivity index (χ0n) is 30.1. The highest BCUT2D eigenvalue weighted by molar-refractivity contribution is 6.21. The number of benzene rings is 8. The summed E-state index contributed by atoms with van der Waals surface area (Å²) in [5, 5.41) is 5.27. The monoisotopic (exact) mass is 694 g/mol. The highest BCUT2D eigenvalue weighted by Gasteiger charge is 2.52. The van der Waals surface area contributed by atoms with Crippen molar-refractivity contribution in [3.63, 3.8) is 0 Å². The lowest BCUT2D eigenvalue weighted by atomic mass is 9.69. The summed E-state index contributed by atoms with van der Waals surface area (Å²) in [6.45, 7) is 0. The minimum Gasteiger partial charge on any atom is -0.0767 e. The van der Waals surface area contributed by atoms with Crippen LogP contribution >= 0.6 is 0 Å². The van der Waals surface area contributed by atoms with Crippen LogP contribution in [-0.2, 0) is 5.41 Å². The van der Waals surface area contributed by atoms with Crippen LogP contribution < -0.4 is 0 Å². The number of fused-ring (bicyclic) bond motifs is 16. The van der Waals surface area contributed by atoms with E-state index in [2.05, 4.69) is 194 Å². The van der Waals surface area contributed by atoms with Gasteiger partial charge in [0, 0.05) is 11.8 Å². The van der Waals surface area contributed by atoms with Crippen LogP contribution in [0.4, 0.5) is 0 Å². The van der Waals surface area contributed by atoms with Crippen LogP contribution in [-0.4, -0.2) is 0 Å². The third kappa shape index (κ3) is 3.81. The zero-order valence-corrected chi connectivity index (χ0v) is 30.1. The normalized spacial score (nSPS) is 20.0. The molecule has 13 rings (SSSR count). The van der Waals surface area contributed by atoms with E-state index in [1.54, 1.807) is 0 Å². The second-order valence-electron chi connectivity index (χ2n) is 15.9. The van der Waals surface area contributed by atoms with Gasteiger partial charge in [0.15, 0.2) is 0 Å². The average molecular weight is 695 g/mol. The minimum absolute atomic E-state index is 0.429. The molecule has 0 radical (unpaired) electrons. The fourth-order valence-corrected chi connectivity index (χ4v) is 10.9. The molecule has 5 aliphatic carbocycles. The molecule has 5 aliphatic rings. The van der Waals surface area contributed by atoms with E-state index < -0.39 is 5.41 Å². The average Bonchev–Trinajstić information content (AvgIpc) is 3.85. The predicted octanol–water partition coefficient (Wildman–Crippen LogP) is 14.0. The Balaban J connectivity index is 1.01. The van der Waals surface area contributed by atoms with E-state index in [-0.39, 0.29) is 0 Å². The van der Waals surface area contributed by atoms with Crippen molar-refractivity contribution in [3.05, 3.63) is 222 Å². The third-order valence-corrected chi connectivity index (χ3v) is 13.3. The summed E-state index contributed by atoms with van der Waals surface area (Å²) in [6, 6.07) is 58.1. The van der Waals surface area contributed by atoms with Crippen LogP contribution in [0.25, 0.3) is 82.8 Å². The van der Waals surface area contributed by atoms with E-state index in [4.69, 9.17) is 0 Å². The fourth-order valence-electron chi connectivity index (χ4n) is 10.9. The number of rotatable bonds is 2. The van der Waals surface area contributed by atoms with Crippen molar-refractivity contribution in [2.75, 3.05) is 0 Å². The molecule has 0 heterocycles. The lowest BCUT2D eigenvalue weighted by molar-refractivity contribution is 0.663. The standard InChI is InChI=1S/C55H34/c1-2-11-34-28-35(21-20-33(34)10-1)36-22-23-38-30-39(25-24-37(38)29-36)40-26-27-44-43-14-5-7-18-49(43)55(51(44)31-40)50-19-8-6-15-46(50)54-47-17-9-16-45-41-12-3-4-13-42(41)48(53(45)47)32-52(54)55/h1-34H.